The van der Waals surface area contributed by atoms with Gasteiger partial charge in [-0.15, -0.1) is 0 Å². The van der Waals surface area contributed by atoms with E-state index in [0.29, 0.717) is 17.4 Å². The monoisotopic (exact) mass is 784 g/mol. The highest BCUT2D eigenvalue weighted by molar-refractivity contribution is 7.47. The number of allylic oxidation sites excluding steroid dienone is 5. The summed E-state index contributed by atoms with van der Waals surface area (Å²) in [6.07, 6.45) is 45.2. The van der Waals surface area contributed by atoms with Gasteiger partial charge in [0.15, 0.2) is 0 Å². The highest BCUT2D eigenvalue weighted by Crippen LogP contribution is 2.43. The third-order valence-electron chi connectivity index (χ3n) is 9.84. The molecular formula is C45H88N2O6P+. The van der Waals surface area contributed by atoms with Crippen molar-refractivity contribution in [3.8, 4) is 0 Å². The maximum absolute atomic E-state index is 12.8. The maximum Gasteiger partial charge on any atom is 0.472 e. The minimum Gasteiger partial charge on any atom is -0.387 e. The lowest BCUT2D eigenvalue weighted by molar-refractivity contribution is -0.870. The Morgan fingerprint density at radius 1 is 0.611 bits per heavy atom. The fraction of sp³-hybridized carbons (Fsp3) is 0.844. The molecular weight excluding hydrogens is 695 g/mol. The number of nitrogens with zero attached hydrogens (tertiary/aromatic N) is 1. The van der Waals surface area contributed by atoms with Crippen LogP contribution in [0, 0.1) is 0 Å². The maximum atomic E-state index is 12.8. The number of rotatable bonds is 40. The first-order valence-electron chi connectivity index (χ1n) is 22.4. The van der Waals surface area contributed by atoms with Gasteiger partial charge in [-0.2, -0.15) is 0 Å². The van der Waals surface area contributed by atoms with Gasteiger partial charge in [-0.25, -0.2) is 4.57 Å². The van der Waals surface area contributed by atoms with Crippen LogP contribution in [-0.2, 0) is 18.4 Å². The number of phosphoric acid groups is 1. The lowest BCUT2D eigenvalue weighted by atomic mass is 10.0. The Morgan fingerprint density at radius 2 is 1.02 bits per heavy atom. The van der Waals surface area contributed by atoms with Crippen LogP contribution in [0.15, 0.2) is 36.5 Å². The molecule has 3 N–H and O–H groups in total. The quantitative estimate of drug-likeness (QED) is 0.0247. The third kappa shape index (κ3) is 39.0. The van der Waals surface area contributed by atoms with E-state index in [2.05, 4.69) is 43.5 Å². The normalized spacial score (nSPS) is 14.7. The number of aliphatic hydroxyl groups excluding tert-OH is 1. The molecule has 0 bridgehead atoms. The van der Waals surface area contributed by atoms with Gasteiger partial charge in [-0.05, 0) is 44.9 Å². The van der Waals surface area contributed by atoms with Gasteiger partial charge in [0, 0.05) is 6.42 Å². The number of hydrogen-bond donors (Lipinski definition) is 3. The molecule has 0 aliphatic carbocycles. The minimum atomic E-state index is -4.34. The third-order valence-corrected chi connectivity index (χ3v) is 10.8. The fourth-order valence-corrected chi connectivity index (χ4v) is 6.98. The van der Waals surface area contributed by atoms with Crippen molar-refractivity contribution in [2.75, 3.05) is 40.9 Å². The summed E-state index contributed by atoms with van der Waals surface area (Å²) in [5, 5.41) is 13.8. The molecule has 0 spiro atoms. The van der Waals surface area contributed by atoms with Gasteiger partial charge in [0.05, 0.1) is 39.9 Å². The van der Waals surface area contributed by atoms with Crippen LogP contribution < -0.4 is 5.32 Å². The average Bonchev–Trinajstić information content (AvgIpc) is 3.12. The molecule has 3 unspecified atom stereocenters. The number of phosphoric ester groups is 1. The van der Waals surface area contributed by atoms with Gasteiger partial charge in [0.1, 0.15) is 13.2 Å². The van der Waals surface area contributed by atoms with E-state index in [9.17, 15) is 19.4 Å². The lowest BCUT2D eigenvalue weighted by Crippen LogP contribution is -2.45. The molecule has 318 valence electrons. The molecule has 0 rings (SSSR count). The van der Waals surface area contributed by atoms with Crippen molar-refractivity contribution < 1.29 is 32.9 Å². The Kier molecular flexibility index (Phi) is 36.4. The Morgan fingerprint density at radius 3 is 1.48 bits per heavy atom. The summed E-state index contributed by atoms with van der Waals surface area (Å²) >= 11 is 0. The standard InChI is InChI=1S/C45H87N2O6P/c1-6-8-10-12-14-16-17-18-19-20-21-22-23-24-25-26-27-28-29-31-32-34-36-38-44(48)43(42-53-54(50,51)52-41-40-47(3,4)5)46-45(49)39-37-35-33-30-15-13-11-9-7-2/h25-26,29,31,36,38,43-44,48H,6-24,27-28,30,32-35,37,39-42H2,1-5H3,(H-,46,49,50,51)/p+1/b26-25+,31-29+,38-36+. The summed E-state index contributed by atoms with van der Waals surface area (Å²) in [6, 6.07) is -0.864. The highest BCUT2D eigenvalue weighted by atomic mass is 31.2. The average molecular weight is 784 g/mol. The van der Waals surface area contributed by atoms with Gasteiger partial charge < -0.3 is 19.8 Å². The first-order chi connectivity index (χ1) is 26.0. The largest absolute Gasteiger partial charge is 0.472 e. The second-order valence-electron chi connectivity index (χ2n) is 16.4. The number of nitrogens with one attached hydrogen (secondary N) is 1. The van der Waals surface area contributed by atoms with E-state index < -0.39 is 20.0 Å². The van der Waals surface area contributed by atoms with Crippen LogP contribution in [-0.4, -0.2) is 73.4 Å². The highest BCUT2D eigenvalue weighted by Gasteiger charge is 2.27. The number of unbranched alkanes of at least 4 members (excludes halogenated alkanes) is 23. The summed E-state index contributed by atoms with van der Waals surface area (Å²) in [5.74, 6) is -0.195. The molecule has 0 saturated heterocycles. The summed E-state index contributed by atoms with van der Waals surface area (Å²) in [5.41, 5.74) is 0. The number of likely N-dealkylation sites (N-methyl/N-ethyl adjacent to an activating group) is 1. The van der Waals surface area contributed by atoms with E-state index in [1.165, 1.54) is 128 Å². The van der Waals surface area contributed by atoms with Gasteiger partial charge in [0.25, 0.3) is 0 Å². The molecule has 54 heavy (non-hydrogen) atoms. The second-order valence-corrected chi connectivity index (χ2v) is 17.9. The van der Waals surface area contributed by atoms with E-state index in [4.69, 9.17) is 9.05 Å². The summed E-state index contributed by atoms with van der Waals surface area (Å²) < 4.78 is 23.5. The number of carbonyl (C=O) groups is 1. The van der Waals surface area contributed by atoms with Crippen molar-refractivity contribution >= 4 is 13.7 Å². The number of hydrogen-bond acceptors (Lipinski definition) is 5. The molecule has 0 aliphatic heterocycles. The van der Waals surface area contributed by atoms with Crippen LogP contribution in [0.1, 0.15) is 194 Å². The van der Waals surface area contributed by atoms with Crippen molar-refractivity contribution in [1.82, 2.24) is 5.32 Å². The number of amides is 1. The van der Waals surface area contributed by atoms with E-state index in [0.717, 1.165) is 44.9 Å². The predicted octanol–water partition coefficient (Wildman–Crippen LogP) is 12.3. The van der Waals surface area contributed by atoms with Crippen LogP contribution >= 0.6 is 7.82 Å². The molecule has 0 radical (unpaired) electrons. The number of carbonyl (C=O) groups excluding carboxylic acids is 1. The van der Waals surface area contributed by atoms with Crippen LogP contribution in [0.5, 0.6) is 0 Å². The van der Waals surface area contributed by atoms with Crippen LogP contribution in [0.4, 0.5) is 0 Å². The first kappa shape index (κ1) is 52.7. The number of quaternary nitrogens is 1. The molecule has 0 saturated carbocycles. The van der Waals surface area contributed by atoms with Crippen molar-refractivity contribution in [2.24, 2.45) is 0 Å². The lowest BCUT2D eigenvalue weighted by Gasteiger charge is -2.25. The van der Waals surface area contributed by atoms with E-state index >= 15 is 0 Å². The zero-order valence-corrected chi connectivity index (χ0v) is 36.9. The summed E-state index contributed by atoms with van der Waals surface area (Å²) in [7, 11) is 1.55. The van der Waals surface area contributed by atoms with E-state index in [1.54, 1.807) is 6.08 Å². The van der Waals surface area contributed by atoms with Gasteiger partial charge >= 0.3 is 7.82 Å². The molecule has 0 heterocycles. The van der Waals surface area contributed by atoms with Crippen molar-refractivity contribution in [2.45, 2.75) is 206 Å². The van der Waals surface area contributed by atoms with E-state index in [-0.39, 0.29) is 19.1 Å². The molecule has 0 fully saturated rings. The first-order valence-corrected chi connectivity index (χ1v) is 23.9. The topological polar surface area (TPSA) is 105 Å². The summed E-state index contributed by atoms with van der Waals surface area (Å²) in [6.45, 7) is 4.76. The van der Waals surface area contributed by atoms with Crippen molar-refractivity contribution in [3.63, 3.8) is 0 Å². The Balaban J connectivity index is 4.38. The smallest absolute Gasteiger partial charge is 0.387 e. The molecule has 1 amide bonds. The van der Waals surface area contributed by atoms with Crippen LogP contribution in [0.25, 0.3) is 0 Å². The molecule has 8 nitrogen and oxygen atoms in total. The van der Waals surface area contributed by atoms with Gasteiger partial charge in [0.2, 0.25) is 5.91 Å². The van der Waals surface area contributed by atoms with Crippen LogP contribution in [0.2, 0.25) is 0 Å². The minimum absolute atomic E-state index is 0.0542. The van der Waals surface area contributed by atoms with Gasteiger partial charge in [-0.3, -0.25) is 13.8 Å². The molecule has 0 aromatic heterocycles. The Labute approximate surface area is 334 Å². The number of aliphatic hydroxyl groups is 1. The van der Waals surface area contributed by atoms with Crippen molar-refractivity contribution in [3.05, 3.63) is 36.5 Å². The second kappa shape index (κ2) is 37.3. The molecule has 0 aromatic carbocycles. The Hall–Kier alpha value is -1.28. The summed E-state index contributed by atoms with van der Waals surface area (Å²) in [4.78, 5) is 23.0. The molecule has 9 heteroatoms. The fourth-order valence-electron chi connectivity index (χ4n) is 6.25. The predicted molar refractivity (Wildman–Crippen MR) is 231 cm³/mol. The SMILES string of the molecule is CCCCCCCCCCCCCCC/C=C/CC/C=C/CC/C=C/C(O)C(COP(=O)(O)OCC[N+](C)(C)C)NC(=O)CCCCCCCCCCC. The van der Waals surface area contributed by atoms with E-state index in [1.807, 2.05) is 27.2 Å². The molecule has 3 atom stereocenters. The van der Waals surface area contributed by atoms with Crippen LogP contribution in [0.3, 0.4) is 0 Å². The van der Waals surface area contributed by atoms with Crippen molar-refractivity contribution in [1.29, 1.82) is 0 Å². The molecule has 0 aromatic rings. The Bertz CT molecular complexity index is 980. The molecule has 0 aliphatic rings. The zero-order chi connectivity index (χ0) is 40.0. The zero-order valence-electron chi connectivity index (χ0n) is 36.0. The van der Waals surface area contributed by atoms with Gasteiger partial charge in [-0.1, -0.05) is 179 Å².